The summed E-state index contributed by atoms with van der Waals surface area (Å²) in [6.07, 6.45) is 1.23. The van der Waals surface area contributed by atoms with Crippen molar-refractivity contribution in [3.8, 4) is 0 Å². The third-order valence-electron chi connectivity index (χ3n) is 4.31. The summed E-state index contributed by atoms with van der Waals surface area (Å²) in [5.41, 5.74) is 2.54. The summed E-state index contributed by atoms with van der Waals surface area (Å²) in [6, 6.07) is 14.4. The van der Waals surface area contributed by atoms with Gasteiger partial charge in [-0.2, -0.15) is 0 Å². The molecule has 0 amide bonds. The highest BCUT2D eigenvalue weighted by atomic mass is 19.1. The lowest BCUT2D eigenvalue weighted by molar-refractivity contribution is -0.151. The van der Waals surface area contributed by atoms with Gasteiger partial charge in [0.2, 0.25) is 0 Å². The van der Waals surface area contributed by atoms with Gasteiger partial charge in [-0.3, -0.25) is 10.1 Å². The van der Waals surface area contributed by atoms with Gasteiger partial charge in [-0.05, 0) is 35.7 Å². The van der Waals surface area contributed by atoms with Crippen LogP contribution >= 0.6 is 0 Å². The summed E-state index contributed by atoms with van der Waals surface area (Å²) in [5, 5.41) is 3.37. The first-order chi connectivity index (χ1) is 11.1. The summed E-state index contributed by atoms with van der Waals surface area (Å²) in [4.78, 5) is 12.6. The van der Waals surface area contributed by atoms with Crippen molar-refractivity contribution < 1.29 is 13.9 Å². The summed E-state index contributed by atoms with van der Waals surface area (Å²) in [6.45, 7) is 2.66. The second-order valence-corrected chi connectivity index (χ2v) is 5.90. The quantitative estimate of drug-likeness (QED) is 0.862. The molecule has 0 unspecified atom stereocenters. The van der Waals surface area contributed by atoms with Crippen LogP contribution in [0.25, 0.3) is 0 Å². The van der Waals surface area contributed by atoms with Crippen molar-refractivity contribution in [1.82, 2.24) is 5.32 Å². The van der Waals surface area contributed by atoms with E-state index in [0.29, 0.717) is 26.0 Å². The van der Waals surface area contributed by atoms with Gasteiger partial charge in [0.15, 0.2) is 0 Å². The molecule has 3 rings (SSSR count). The van der Waals surface area contributed by atoms with Crippen LogP contribution in [0, 0.1) is 5.82 Å². The minimum Gasteiger partial charge on any atom is -0.465 e. The number of ether oxygens (including phenoxy) is 1. The van der Waals surface area contributed by atoms with Gasteiger partial charge in [-0.25, -0.2) is 4.39 Å². The monoisotopic (exact) mass is 313 g/mol. The van der Waals surface area contributed by atoms with Crippen molar-refractivity contribution >= 4 is 5.97 Å². The number of carbonyl (C=O) groups is 1. The van der Waals surface area contributed by atoms with Gasteiger partial charge in [0, 0.05) is 19.4 Å². The Balaban J connectivity index is 1.80. The maximum absolute atomic E-state index is 13.0. The van der Waals surface area contributed by atoms with E-state index < -0.39 is 5.54 Å². The third-order valence-corrected chi connectivity index (χ3v) is 4.31. The van der Waals surface area contributed by atoms with E-state index in [0.717, 1.165) is 5.56 Å². The number of hydrogen-bond donors (Lipinski definition) is 1. The van der Waals surface area contributed by atoms with E-state index in [9.17, 15) is 9.18 Å². The number of esters is 1. The lowest BCUT2D eigenvalue weighted by Gasteiger charge is -2.28. The van der Waals surface area contributed by atoms with E-state index in [1.165, 1.54) is 23.3 Å². The fourth-order valence-electron chi connectivity index (χ4n) is 3.10. The van der Waals surface area contributed by atoms with E-state index >= 15 is 0 Å². The molecule has 0 radical (unpaired) electrons. The SMILES string of the molecule is CCOC(=O)C1(NCc2ccc(F)cc2)Cc2ccccc2C1. The number of rotatable bonds is 5. The molecule has 1 aliphatic carbocycles. The van der Waals surface area contributed by atoms with Gasteiger partial charge in [0.05, 0.1) is 6.61 Å². The van der Waals surface area contributed by atoms with Crippen molar-refractivity contribution in [2.45, 2.75) is 31.8 Å². The first-order valence-electron chi connectivity index (χ1n) is 7.86. The number of hydrogen-bond acceptors (Lipinski definition) is 3. The molecular weight excluding hydrogens is 293 g/mol. The third kappa shape index (κ3) is 3.27. The summed E-state index contributed by atoms with van der Waals surface area (Å²) < 4.78 is 18.3. The average molecular weight is 313 g/mol. The van der Waals surface area contributed by atoms with Gasteiger partial charge in [-0.15, -0.1) is 0 Å². The van der Waals surface area contributed by atoms with Crippen LogP contribution in [-0.2, 0) is 28.9 Å². The highest BCUT2D eigenvalue weighted by Gasteiger charge is 2.44. The molecule has 0 saturated heterocycles. The lowest BCUT2D eigenvalue weighted by atomic mass is 9.95. The highest BCUT2D eigenvalue weighted by molar-refractivity contribution is 5.83. The fraction of sp³-hybridized carbons (Fsp3) is 0.316. The molecule has 3 nitrogen and oxygen atoms in total. The maximum Gasteiger partial charge on any atom is 0.327 e. The van der Waals surface area contributed by atoms with Crippen molar-refractivity contribution in [3.63, 3.8) is 0 Å². The van der Waals surface area contributed by atoms with E-state index in [4.69, 9.17) is 4.74 Å². The average Bonchev–Trinajstić information content (AvgIpc) is 2.94. The summed E-state index contributed by atoms with van der Waals surface area (Å²) >= 11 is 0. The van der Waals surface area contributed by atoms with Gasteiger partial charge >= 0.3 is 5.97 Å². The molecule has 0 fully saturated rings. The zero-order valence-corrected chi connectivity index (χ0v) is 13.1. The van der Waals surface area contributed by atoms with Crippen LogP contribution in [0.4, 0.5) is 4.39 Å². The number of benzene rings is 2. The predicted octanol–water partition coefficient (Wildman–Crippen LogP) is 3.02. The van der Waals surface area contributed by atoms with Crippen molar-refractivity contribution in [2.75, 3.05) is 6.61 Å². The molecule has 4 heteroatoms. The predicted molar refractivity (Wildman–Crippen MR) is 86.5 cm³/mol. The molecule has 0 saturated carbocycles. The van der Waals surface area contributed by atoms with Crippen molar-refractivity contribution in [3.05, 3.63) is 71.0 Å². The van der Waals surface area contributed by atoms with Crippen molar-refractivity contribution in [1.29, 1.82) is 0 Å². The van der Waals surface area contributed by atoms with Gasteiger partial charge in [0.25, 0.3) is 0 Å². The Morgan fingerprint density at radius 1 is 1.13 bits per heavy atom. The molecular formula is C19H20FNO2. The minimum absolute atomic E-state index is 0.224. The Labute approximate surface area is 135 Å². The topological polar surface area (TPSA) is 38.3 Å². The Bertz CT molecular complexity index is 672. The smallest absolute Gasteiger partial charge is 0.327 e. The maximum atomic E-state index is 13.0. The molecule has 2 aromatic carbocycles. The molecule has 0 bridgehead atoms. The number of halogens is 1. The zero-order chi connectivity index (χ0) is 16.3. The molecule has 1 aliphatic rings. The molecule has 120 valence electrons. The second kappa shape index (κ2) is 6.50. The Morgan fingerprint density at radius 3 is 2.30 bits per heavy atom. The molecule has 2 aromatic rings. The summed E-state index contributed by atoms with van der Waals surface area (Å²) in [5.74, 6) is -0.486. The van der Waals surface area contributed by atoms with Crippen LogP contribution in [0.15, 0.2) is 48.5 Å². The largest absolute Gasteiger partial charge is 0.465 e. The number of carbonyl (C=O) groups excluding carboxylic acids is 1. The van der Waals surface area contributed by atoms with Crippen LogP contribution in [0.3, 0.4) is 0 Å². The standard InChI is InChI=1S/C19H20FNO2/c1-2-23-18(22)19(11-15-5-3-4-6-16(15)12-19)21-13-14-7-9-17(20)10-8-14/h3-10,21H,2,11-13H2,1H3. The molecule has 23 heavy (non-hydrogen) atoms. The highest BCUT2D eigenvalue weighted by Crippen LogP contribution is 2.31. The van der Waals surface area contributed by atoms with E-state index in [1.807, 2.05) is 19.1 Å². The summed E-state index contributed by atoms with van der Waals surface area (Å²) in [7, 11) is 0. The first kappa shape index (κ1) is 15.7. The van der Waals surface area contributed by atoms with Gasteiger partial charge in [-0.1, -0.05) is 36.4 Å². The lowest BCUT2D eigenvalue weighted by Crippen LogP contribution is -2.53. The molecule has 1 N–H and O–H groups in total. The van der Waals surface area contributed by atoms with E-state index in [1.54, 1.807) is 12.1 Å². The molecule has 0 atom stereocenters. The Kier molecular flexibility index (Phi) is 4.44. The van der Waals surface area contributed by atoms with Crippen LogP contribution in [-0.4, -0.2) is 18.1 Å². The van der Waals surface area contributed by atoms with Crippen molar-refractivity contribution in [2.24, 2.45) is 0 Å². The molecule has 0 aromatic heterocycles. The van der Waals surface area contributed by atoms with Crippen LogP contribution in [0.2, 0.25) is 0 Å². The van der Waals surface area contributed by atoms with Gasteiger partial charge < -0.3 is 4.74 Å². The van der Waals surface area contributed by atoms with Crippen LogP contribution in [0.5, 0.6) is 0 Å². The molecule has 0 spiro atoms. The minimum atomic E-state index is -0.742. The van der Waals surface area contributed by atoms with Gasteiger partial charge in [0.1, 0.15) is 11.4 Å². The van der Waals surface area contributed by atoms with E-state index in [-0.39, 0.29) is 11.8 Å². The molecule has 0 aliphatic heterocycles. The Hall–Kier alpha value is -2.20. The first-order valence-corrected chi connectivity index (χ1v) is 7.86. The molecule has 0 heterocycles. The number of nitrogens with one attached hydrogen (secondary N) is 1. The normalized spacial score (nSPS) is 15.2. The Morgan fingerprint density at radius 2 is 1.74 bits per heavy atom. The second-order valence-electron chi connectivity index (χ2n) is 5.90. The number of fused-ring (bicyclic) bond motifs is 1. The zero-order valence-electron chi connectivity index (χ0n) is 13.1. The van der Waals surface area contributed by atoms with Crippen LogP contribution in [0.1, 0.15) is 23.6 Å². The van der Waals surface area contributed by atoms with E-state index in [2.05, 4.69) is 17.4 Å². The fourth-order valence-corrected chi connectivity index (χ4v) is 3.10. The van der Waals surface area contributed by atoms with Crippen LogP contribution < -0.4 is 5.32 Å².